The predicted molar refractivity (Wildman–Crippen MR) is 91.1 cm³/mol. The molecule has 1 aromatic carbocycles. The molecule has 24 heavy (non-hydrogen) atoms. The van der Waals surface area contributed by atoms with Gasteiger partial charge in [0.2, 0.25) is 0 Å². The molecule has 0 bridgehead atoms. The topological polar surface area (TPSA) is 58.8 Å². The van der Waals surface area contributed by atoms with Crippen molar-refractivity contribution in [1.82, 2.24) is 10.1 Å². The van der Waals surface area contributed by atoms with Crippen LogP contribution in [0.2, 0.25) is 0 Å². The van der Waals surface area contributed by atoms with E-state index in [-0.39, 0.29) is 5.97 Å². The van der Waals surface area contributed by atoms with Crippen LogP contribution in [0.5, 0.6) is 0 Å². The molecule has 1 atom stereocenters. The number of piperazine rings is 1. The van der Waals surface area contributed by atoms with Crippen molar-refractivity contribution in [2.24, 2.45) is 0 Å². The molecular formula is C18H23N3O3. The molecule has 0 aliphatic carbocycles. The van der Waals surface area contributed by atoms with Gasteiger partial charge in [-0.25, -0.2) is 4.79 Å². The van der Waals surface area contributed by atoms with Gasteiger partial charge in [-0.2, -0.15) is 0 Å². The Bertz CT molecular complexity index is 696. The number of benzene rings is 1. The van der Waals surface area contributed by atoms with E-state index >= 15 is 0 Å². The minimum absolute atomic E-state index is 0.302. The number of aromatic nitrogens is 1. The van der Waals surface area contributed by atoms with Crippen LogP contribution in [0, 0.1) is 6.92 Å². The quantitative estimate of drug-likeness (QED) is 0.803. The minimum Gasteiger partial charge on any atom is -0.465 e. The van der Waals surface area contributed by atoms with Crippen molar-refractivity contribution in [2.75, 3.05) is 31.6 Å². The molecule has 0 N–H and O–H groups in total. The lowest BCUT2D eigenvalue weighted by Crippen LogP contribution is -2.51. The molecule has 128 valence electrons. The fourth-order valence-electron chi connectivity index (χ4n) is 3.08. The number of nitrogens with zero attached hydrogens (tertiary/aromatic N) is 3. The second kappa shape index (κ2) is 7.05. The van der Waals surface area contributed by atoms with E-state index in [0.717, 1.165) is 43.2 Å². The zero-order valence-corrected chi connectivity index (χ0v) is 14.4. The summed E-state index contributed by atoms with van der Waals surface area (Å²) in [6, 6.07) is 8.03. The van der Waals surface area contributed by atoms with Crippen LogP contribution in [-0.4, -0.2) is 48.8 Å². The lowest BCUT2D eigenvalue weighted by atomic mass is 10.1. The first-order valence-corrected chi connectivity index (χ1v) is 8.16. The van der Waals surface area contributed by atoms with E-state index in [4.69, 9.17) is 9.26 Å². The number of rotatable bonds is 4. The molecule has 1 unspecified atom stereocenters. The lowest BCUT2D eigenvalue weighted by Gasteiger charge is -2.41. The molecule has 0 amide bonds. The largest absolute Gasteiger partial charge is 0.465 e. The van der Waals surface area contributed by atoms with Crippen LogP contribution in [0.15, 0.2) is 35.0 Å². The van der Waals surface area contributed by atoms with Gasteiger partial charge in [-0.1, -0.05) is 5.16 Å². The molecule has 0 spiro atoms. The second-order valence-corrected chi connectivity index (χ2v) is 6.21. The highest BCUT2D eigenvalue weighted by molar-refractivity contribution is 5.89. The van der Waals surface area contributed by atoms with Gasteiger partial charge in [0.1, 0.15) is 5.76 Å². The van der Waals surface area contributed by atoms with Crippen LogP contribution in [0.1, 0.15) is 28.6 Å². The fraction of sp³-hybridized carbons (Fsp3) is 0.444. The lowest BCUT2D eigenvalue weighted by molar-refractivity contribution is 0.0600. The number of anilines is 1. The van der Waals surface area contributed by atoms with E-state index in [2.05, 4.69) is 21.9 Å². The maximum atomic E-state index is 11.5. The number of esters is 1. The Kier molecular flexibility index (Phi) is 4.85. The monoisotopic (exact) mass is 329 g/mol. The third-order valence-electron chi connectivity index (χ3n) is 4.64. The number of carbonyl (C=O) groups is 1. The van der Waals surface area contributed by atoms with Crippen LogP contribution in [0.4, 0.5) is 5.69 Å². The molecule has 1 aliphatic rings. The van der Waals surface area contributed by atoms with Gasteiger partial charge >= 0.3 is 5.97 Å². The maximum absolute atomic E-state index is 11.5. The van der Waals surface area contributed by atoms with Crippen molar-refractivity contribution in [1.29, 1.82) is 0 Å². The van der Waals surface area contributed by atoms with Crippen LogP contribution in [0.25, 0.3) is 0 Å². The highest BCUT2D eigenvalue weighted by atomic mass is 16.5. The number of ether oxygens (including phenoxy) is 1. The van der Waals surface area contributed by atoms with Gasteiger partial charge < -0.3 is 14.2 Å². The van der Waals surface area contributed by atoms with Gasteiger partial charge in [0.05, 0.1) is 18.9 Å². The minimum atomic E-state index is -0.302. The molecule has 0 radical (unpaired) electrons. The summed E-state index contributed by atoms with van der Waals surface area (Å²) in [5.74, 6) is 0.590. The standard InChI is InChI=1S/C18H23N3O3/c1-13-11-21(17-6-4-15(5-7-17)18(22)23-3)9-8-20(13)12-16-10-19-24-14(16)2/h4-7,10,13H,8-9,11-12H2,1-3H3. The highest BCUT2D eigenvalue weighted by Crippen LogP contribution is 2.22. The van der Waals surface area contributed by atoms with Crippen LogP contribution >= 0.6 is 0 Å². The van der Waals surface area contributed by atoms with E-state index in [9.17, 15) is 4.79 Å². The molecule has 1 aromatic heterocycles. The van der Waals surface area contributed by atoms with Gasteiger partial charge in [0.15, 0.2) is 0 Å². The normalized spacial score (nSPS) is 18.6. The van der Waals surface area contributed by atoms with Crippen LogP contribution < -0.4 is 4.90 Å². The Morgan fingerprint density at radius 1 is 1.33 bits per heavy atom. The molecule has 1 aliphatic heterocycles. The van der Waals surface area contributed by atoms with Crippen molar-refractivity contribution in [3.05, 3.63) is 47.3 Å². The van der Waals surface area contributed by atoms with Gasteiger partial charge in [0, 0.05) is 43.5 Å². The molecule has 0 saturated carbocycles. The Hall–Kier alpha value is -2.34. The first-order chi connectivity index (χ1) is 11.6. The Balaban J connectivity index is 1.62. The fourth-order valence-corrected chi connectivity index (χ4v) is 3.08. The molecule has 6 heteroatoms. The smallest absolute Gasteiger partial charge is 0.337 e. The van der Waals surface area contributed by atoms with Crippen molar-refractivity contribution in [3.8, 4) is 0 Å². The SMILES string of the molecule is COC(=O)c1ccc(N2CCN(Cc3cnoc3C)C(C)C2)cc1. The molecule has 6 nitrogen and oxygen atoms in total. The van der Waals surface area contributed by atoms with E-state index in [0.29, 0.717) is 11.6 Å². The average molecular weight is 329 g/mol. The molecular weight excluding hydrogens is 306 g/mol. The van der Waals surface area contributed by atoms with E-state index in [1.165, 1.54) is 7.11 Å². The molecule has 2 aromatic rings. The predicted octanol–water partition coefficient (Wildman–Crippen LogP) is 2.48. The molecule has 3 rings (SSSR count). The summed E-state index contributed by atoms with van der Waals surface area (Å²) in [5, 5.41) is 3.85. The summed E-state index contributed by atoms with van der Waals surface area (Å²) in [6.07, 6.45) is 1.81. The average Bonchev–Trinajstić information content (AvgIpc) is 3.01. The third-order valence-corrected chi connectivity index (χ3v) is 4.64. The van der Waals surface area contributed by atoms with Crippen LogP contribution in [-0.2, 0) is 11.3 Å². The Labute approximate surface area is 142 Å². The van der Waals surface area contributed by atoms with Crippen LogP contribution in [0.3, 0.4) is 0 Å². The highest BCUT2D eigenvalue weighted by Gasteiger charge is 2.25. The summed E-state index contributed by atoms with van der Waals surface area (Å²) in [6.45, 7) is 7.92. The first kappa shape index (κ1) is 16.5. The molecule has 1 fully saturated rings. The second-order valence-electron chi connectivity index (χ2n) is 6.21. The van der Waals surface area contributed by atoms with Crippen molar-refractivity contribution in [3.63, 3.8) is 0 Å². The van der Waals surface area contributed by atoms with Gasteiger partial charge in [-0.05, 0) is 38.1 Å². The van der Waals surface area contributed by atoms with Crippen molar-refractivity contribution in [2.45, 2.75) is 26.4 Å². The van der Waals surface area contributed by atoms with Gasteiger partial charge in [-0.15, -0.1) is 0 Å². The van der Waals surface area contributed by atoms with E-state index in [1.807, 2.05) is 31.2 Å². The summed E-state index contributed by atoms with van der Waals surface area (Å²) in [5.41, 5.74) is 2.86. The van der Waals surface area contributed by atoms with Crippen molar-refractivity contribution < 1.29 is 14.1 Å². The number of hydrogen-bond donors (Lipinski definition) is 0. The van der Waals surface area contributed by atoms with E-state index in [1.54, 1.807) is 6.20 Å². The third kappa shape index (κ3) is 3.43. The van der Waals surface area contributed by atoms with Gasteiger partial charge in [-0.3, -0.25) is 4.90 Å². The maximum Gasteiger partial charge on any atom is 0.337 e. The number of methoxy groups -OCH3 is 1. The first-order valence-electron chi connectivity index (χ1n) is 8.16. The van der Waals surface area contributed by atoms with Crippen molar-refractivity contribution >= 4 is 11.7 Å². The number of aryl methyl sites for hydroxylation is 1. The number of carbonyl (C=O) groups excluding carboxylic acids is 1. The molecule has 2 heterocycles. The summed E-state index contributed by atoms with van der Waals surface area (Å²) in [7, 11) is 1.40. The Morgan fingerprint density at radius 3 is 2.67 bits per heavy atom. The summed E-state index contributed by atoms with van der Waals surface area (Å²) < 4.78 is 9.89. The van der Waals surface area contributed by atoms with Gasteiger partial charge in [0.25, 0.3) is 0 Å². The van der Waals surface area contributed by atoms with E-state index < -0.39 is 0 Å². The number of hydrogen-bond acceptors (Lipinski definition) is 6. The zero-order chi connectivity index (χ0) is 17.1. The summed E-state index contributed by atoms with van der Waals surface area (Å²) >= 11 is 0. The Morgan fingerprint density at radius 2 is 2.08 bits per heavy atom. The summed E-state index contributed by atoms with van der Waals surface area (Å²) in [4.78, 5) is 16.3. The molecule has 1 saturated heterocycles. The zero-order valence-electron chi connectivity index (χ0n) is 14.4.